The molecule has 0 aromatic rings. The first-order valence-corrected chi connectivity index (χ1v) is 4.28. The van der Waals surface area contributed by atoms with Crippen molar-refractivity contribution >= 4 is 11.9 Å². The highest BCUT2D eigenvalue weighted by molar-refractivity contribution is 5.80. The summed E-state index contributed by atoms with van der Waals surface area (Å²) in [5.41, 5.74) is 0. The minimum Gasteiger partial charge on any atom is -0.481 e. The van der Waals surface area contributed by atoms with Crippen LogP contribution in [0.5, 0.6) is 0 Å². The molecule has 0 saturated heterocycles. The van der Waals surface area contributed by atoms with Gasteiger partial charge in [0, 0.05) is 25.3 Å². The molecule has 14 heavy (non-hydrogen) atoms. The van der Waals surface area contributed by atoms with E-state index in [2.05, 4.69) is 5.32 Å². The standard InChI is InChI=1S/C8H11F2NO3/c9-8(10)3-5(4-8)7(14)11-2-1-6(12)13/h5H,1-4H2,(H,11,14)(H,12,13). The highest BCUT2D eigenvalue weighted by Gasteiger charge is 2.48. The van der Waals surface area contributed by atoms with Crippen molar-refractivity contribution in [2.45, 2.75) is 25.2 Å². The van der Waals surface area contributed by atoms with Gasteiger partial charge in [-0.2, -0.15) is 0 Å². The number of alkyl halides is 2. The Balaban J connectivity index is 2.15. The fourth-order valence-electron chi connectivity index (χ4n) is 1.28. The zero-order valence-corrected chi connectivity index (χ0v) is 7.43. The zero-order valence-electron chi connectivity index (χ0n) is 7.43. The van der Waals surface area contributed by atoms with Gasteiger partial charge in [-0.05, 0) is 0 Å². The van der Waals surface area contributed by atoms with Crippen LogP contribution in [0.4, 0.5) is 8.78 Å². The van der Waals surface area contributed by atoms with E-state index in [1.54, 1.807) is 0 Å². The molecule has 0 bridgehead atoms. The van der Waals surface area contributed by atoms with Crippen LogP contribution >= 0.6 is 0 Å². The van der Waals surface area contributed by atoms with Gasteiger partial charge in [-0.3, -0.25) is 9.59 Å². The zero-order chi connectivity index (χ0) is 10.8. The lowest BCUT2D eigenvalue weighted by atomic mass is 9.81. The SMILES string of the molecule is O=C(O)CCNC(=O)C1CC(F)(F)C1. The minimum atomic E-state index is -2.71. The van der Waals surface area contributed by atoms with Crippen molar-refractivity contribution in [3.8, 4) is 0 Å². The lowest BCUT2D eigenvalue weighted by Crippen LogP contribution is -2.45. The molecule has 1 fully saturated rings. The van der Waals surface area contributed by atoms with Gasteiger partial charge in [-0.1, -0.05) is 0 Å². The van der Waals surface area contributed by atoms with Gasteiger partial charge in [0.1, 0.15) is 0 Å². The van der Waals surface area contributed by atoms with Crippen LogP contribution in [0.3, 0.4) is 0 Å². The van der Waals surface area contributed by atoms with Crippen LogP contribution < -0.4 is 5.32 Å². The van der Waals surface area contributed by atoms with E-state index in [9.17, 15) is 18.4 Å². The molecule has 0 radical (unpaired) electrons. The van der Waals surface area contributed by atoms with Crippen LogP contribution in [0, 0.1) is 5.92 Å². The molecule has 0 atom stereocenters. The second-order valence-corrected chi connectivity index (χ2v) is 3.40. The first-order chi connectivity index (χ1) is 6.41. The highest BCUT2D eigenvalue weighted by atomic mass is 19.3. The van der Waals surface area contributed by atoms with Crippen molar-refractivity contribution in [3.63, 3.8) is 0 Å². The van der Waals surface area contributed by atoms with Crippen LogP contribution in [0.25, 0.3) is 0 Å². The Morgan fingerprint density at radius 1 is 1.43 bits per heavy atom. The summed E-state index contributed by atoms with van der Waals surface area (Å²) in [6.07, 6.45) is -1.04. The van der Waals surface area contributed by atoms with Gasteiger partial charge in [0.2, 0.25) is 11.8 Å². The maximum atomic E-state index is 12.3. The van der Waals surface area contributed by atoms with Crippen LogP contribution in [0.1, 0.15) is 19.3 Å². The van der Waals surface area contributed by atoms with Gasteiger partial charge < -0.3 is 10.4 Å². The Bertz CT molecular complexity index is 247. The number of amides is 1. The summed E-state index contributed by atoms with van der Waals surface area (Å²) in [5.74, 6) is -4.87. The smallest absolute Gasteiger partial charge is 0.305 e. The van der Waals surface area contributed by atoms with E-state index in [4.69, 9.17) is 5.11 Å². The largest absolute Gasteiger partial charge is 0.481 e. The fourth-order valence-corrected chi connectivity index (χ4v) is 1.28. The summed E-state index contributed by atoms with van der Waals surface area (Å²) in [5, 5.41) is 10.5. The quantitative estimate of drug-likeness (QED) is 0.710. The van der Waals surface area contributed by atoms with Gasteiger partial charge >= 0.3 is 5.97 Å². The molecule has 1 saturated carbocycles. The second-order valence-electron chi connectivity index (χ2n) is 3.40. The van der Waals surface area contributed by atoms with Crippen molar-refractivity contribution in [2.24, 2.45) is 5.92 Å². The Morgan fingerprint density at radius 2 is 2.00 bits per heavy atom. The number of halogens is 2. The molecule has 0 unspecified atom stereocenters. The summed E-state index contributed by atoms with van der Waals surface area (Å²) in [7, 11) is 0. The maximum absolute atomic E-state index is 12.3. The van der Waals surface area contributed by atoms with Crippen LogP contribution in [0.2, 0.25) is 0 Å². The predicted molar refractivity (Wildman–Crippen MR) is 42.9 cm³/mol. The molecule has 1 aliphatic rings. The number of carbonyl (C=O) groups is 2. The van der Waals surface area contributed by atoms with Crippen molar-refractivity contribution in [2.75, 3.05) is 6.54 Å². The van der Waals surface area contributed by atoms with Crippen LogP contribution in [-0.2, 0) is 9.59 Å². The molecular formula is C8H11F2NO3. The monoisotopic (exact) mass is 207 g/mol. The lowest BCUT2D eigenvalue weighted by Gasteiger charge is -2.33. The molecule has 1 aliphatic carbocycles. The summed E-state index contributed by atoms with van der Waals surface area (Å²) in [6.45, 7) is -0.00373. The molecule has 0 aromatic heterocycles. The molecule has 80 valence electrons. The Kier molecular flexibility index (Phi) is 3.03. The van der Waals surface area contributed by atoms with E-state index in [1.807, 2.05) is 0 Å². The number of carboxylic acids is 1. The molecule has 0 aromatic carbocycles. The van der Waals surface area contributed by atoms with Crippen molar-refractivity contribution in [1.29, 1.82) is 0 Å². The Labute approximate surface area is 79.3 Å². The minimum absolute atomic E-state index is 0.00373. The third-order valence-corrected chi connectivity index (χ3v) is 2.10. The van der Waals surface area contributed by atoms with Gasteiger partial charge in [0.15, 0.2) is 0 Å². The number of hydrogen-bond donors (Lipinski definition) is 2. The van der Waals surface area contributed by atoms with Gasteiger partial charge in [-0.25, -0.2) is 8.78 Å². The van der Waals surface area contributed by atoms with Crippen LogP contribution in [0.15, 0.2) is 0 Å². The number of nitrogens with one attached hydrogen (secondary N) is 1. The van der Waals surface area contributed by atoms with E-state index < -0.39 is 36.6 Å². The predicted octanol–water partition coefficient (Wildman–Crippen LogP) is 0.623. The normalized spacial score (nSPS) is 19.9. The first-order valence-electron chi connectivity index (χ1n) is 4.28. The third kappa shape index (κ3) is 2.93. The fraction of sp³-hybridized carbons (Fsp3) is 0.750. The number of aliphatic carboxylic acids is 1. The van der Waals surface area contributed by atoms with E-state index in [1.165, 1.54) is 0 Å². The average Bonchev–Trinajstić information content (AvgIpc) is 1.99. The molecule has 1 rings (SSSR count). The number of carboxylic acid groups (broad SMARTS) is 1. The molecule has 2 N–H and O–H groups in total. The third-order valence-electron chi connectivity index (χ3n) is 2.10. The van der Waals surface area contributed by atoms with Crippen molar-refractivity contribution < 1.29 is 23.5 Å². The molecule has 4 nitrogen and oxygen atoms in total. The van der Waals surface area contributed by atoms with Crippen molar-refractivity contribution in [1.82, 2.24) is 5.32 Å². The number of rotatable bonds is 4. The average molecular weight is 207 g/mol. The molecule has 6 heteroatoms. The van der Waals surface area contributed by atoms with E-state index in [0.717, 1.165) is 0 Å². The van der Waals surface area contributed by atoms with E-state index in [0.29, 0.717) is 0 Å². The molecule has 0 spiro atoms. The lowest BCUT2D eigenvalue weighted by molar-refractivity contribution is -0.150. The van der Waals surface area contributed by atoms with Crippen LogP contribution in [-0.4, -0.2) is 29.5 Å². The van der Waals surface area contributed by atoms with Crippen molar-refractivity contribution in [3.05, 3.63) is 0 Å². The maximum Gasteiger partial charge on any atom is 0.305 e. The summed E-state index contributed by atoms with van der Waals surface area (Å²) in [6, 6.07) is 0. The van der Waals surface area contributed by atoms with E-state index in [-0.39, 0.29) is 13.0 Å². The van der Waals surface area contributed by atoms with Gasteiger partial charge in [0.25, 0.3) is 0 Å². The highest BCUT2D eigenvalue weighted by Crippen LogP contribution is 2.42. The number of hydrogen-bond acceptors (Lipinski definition) is 2. The topological polar surface area (TPSA) is 66.4 Å². The summed E-state index contributed by atoms with van der Waals surface area (Å²) >= 11 is 0. The first kappa shape index (κ1) is 10.9. The molecule has 1 amide bonds. The Hall–Kier alpha value is -1.20. The summed E-state index contributed by atoms with van der Waals surface area (Å²) < 4.78 is 24.6. The molecular weight excluding hydrogens is 196 g/mol. The second kappa shape index (κ2) is 3.89. The molecule has 0 aliphatic heterocycles. The Morgan fingerprint density at radius 3 is 2.43 bits per heavy atom. The van der Waals surface area contributed by atoms with Gasteiger partial charge in [-0.15, -0.1) is 0 Å². The van der Waals surface area contributed by atoms with E-state index >= 15 is 0 Å². The van der Waals surface area contributed by atoms with Gasteiger partial charge in [0.05, 0.1) is 6.42 Å². The molecule has 0 heterocycles. The summed E-state index contributed by atoms with van der Waals surface area (Å²) in [4.78, 5) is 21.1. The number of carbonyl (C=O) groups excluding carboxylic acids is 1.